The topological polar surface area (TPSA) is 67.8 Å². The molecule has 7 heteroatoms. The second kappa shape index (κ2) is 3.96. The number of aromatic nitrogens is 3. The molecular weight excluding hydrogens is 246 g/mol. The second-order valence-electron chi connectivity index (χ2n) is 4.45. The molecule has 16 heavy (non-hydrogen) atoms. The van der Waals surface area contributed by atoms with Crippen LogP contribution in [-0.2, 0) is 9.84 Å². The van der Waals surface area contributed by atoms with E-state index in [2.05, 4.69) is 10.2 Å². The van der Waals surface area contributed by atoms with Crippen LogP contribution >= 0.6 is 12.2 Å². The van der Waals surface area contributed by atoms with Crippen LogP contribution < -0.4 is 0 Å². The van der Waals surface area contributed by atoms with Crippen LogP contribution in [0.3, 0.4) is 0 Å². The zero-order valence-corrected chi connectivity index (χ0v) is 10.9. The Labute approximate surface area is 99.8 Å². The monoisotopic (exact) mass is 261 g/mol. The van der Waals surface area contributed by atoms with Crippen LogP contribution in [0.5, 0.6) is 0 Å². The Balaban J connectivity index is 2.39. The summed E-state index contributed by atoms with van der Waals surface area (Å²) >= 11 is 5.14. The number of hydrogen-bond donors (Lipinski definition) is 1. The highest BCUT2D eigenvalue weighted by atomic mass is 32.2. The van der Waals surface area contributed by atoms with Crippen molar-refractivity contribution in [1.29, 1.82) is 0 Å². The minimum absolute atomic E-state index is 0.0136. The van der Waals surface area contributed by atoms with E-state index in [1.165, 1.54) is 0 Å². The van der Waals surface area contributed by atoms with Crippen molar-refractivity contribution < 1.29 is 8.42 Å². The third kappa shape index (κ3) is 2.06. The summed E-state index contributed by atoms with van der Waals surface area (Å²) in [7, 11) is -2.88. The Morgan fingerprint density at radius 1 is 1.56 bits per heavy atom. The van der Waals surface area contributed by atoms with Gasteiger partial charge in [0, 0.05) is 12.0 Å². The Bertz CT molecular complexity index is 541. The van der Waals surface area contributed by atoms with E-state index >= 15 is 0 Å². The molecule has 5 nitrogen and oxygen atoms in total. The van der Waals surface area contributed by atoms with Crippen molar-refractivity contribution in [3.05, 3.63) is 10.6 Å². The molecule has 1 aromatic rings. The van der Waals surface area contributed by atoms with Crippen molar-refractivity contribution >= 4 is 22.1 Å². The minimum Gasteiger partial charge on any atom is -0.301 e. The normalized spacial score (nSPS) is 24.1. The molecule has 1 N–H and O–H groups in total. The molecule has 0 aliphatic carbocycles. The molecule has 1 aromatic heterocycles. The molecule has 1 aliphatic heterocycles. The summed E-state index contributed by atoms with van der Waals surface area (Å²) in [5, 5.41) is 6.91. The van der Waals surface area contributed by atoms with Crippen LogP contribution in [0.2, 0.25) is 0 Å². The quantitative estimate of drug-likeness (QED) is 0.818. The zero-order chi connectivity index (χ0) is 11.9. The first kappa shape index (κ1) is 11.8. The summed E-state index contributed by atoms with van der Waals surface area (Å²) in [6, 6.07) is 0.199. The summed E-state index contributed by atoms with van der Waals surface area (Å²) in [4.78, 5) is 0. The summed E-state index contributed by atoms with van der Waals surface area (Å²) in [6.45, 7) is 4.02. The first-order chi connectivity index (χ1) is 7.41. The third-order valence-electron chi connectivity index (χ3n) is 2.85. The van der Waals surface area contributed by atoms with Crippen molar-refractivity contribution in [2.24, 2.45) is 0 Å². The zero-order valence-electron chi connectivity index (χ0n) is 9.30. The highest BCUT2D eigenvalue weighted by Gasteiger charge is 2.32. The summed E-state index contributed by atoms with van der Waals surface area (Å²) in [5.41, 5.74) is 0. The molecule has 1 unspecified atom stereocenters. The van der Waals surface area contributed by atoms with E-state index in [1.807, 2.05) is 18.4 Å². The van der Waals surface area contributed by atoms with E-state index in [0.29, 0.717) is 11.2 Å². The maximum Gasteiger partial charge on any atom is 0.195 e. The molecule has 2 rings (SSSR count). The lowest BCUT2D eigenvalue weighted by Gasteiger charge is -2.13. The van der Waals surface area contributed by atoms with E-state index in [0.717, 1.165) is 5.82 Å². The fraction of sp³-hybridized carbons (Fsp3) is 0.778. The van der Waals surface area contributed by atoms with Crippen molar-refractivity contribution in [3.63, 3.8) is 0 Å². The van der Waals surface area contributed by atoms with Crippen molar-refractivity contribution in [2.75, 3.05) is 11.5 Å². The standard InChI is InChI=1S/C9H15N3O2S2/c1-6(2)12-8(10-11-9(12)15)7-3-4-16(13,14)5-7/h6-7H,3-5H2,1-2H3,(H,11,15). The van der Waals surface area contributed by atoms with Gasteiger partial charge in [-0.1, -0.05) is 0 Å². The number of H-pyrrole nitrogens is 1. The summed E-state index contributed by atoms with van der Waals surface area (Å²) < 4.78 is 25.3. The largest absolute Gasteiger partial charge is 0.301 e. The van der Waals surface area contributed by atoms with E-state index in [1.54, 1.807) is 0 Å². The second-order valence-corrected chi connectivity index (χ2v) is 7.07. The lowest BCUT2D eigenvalue weighted by atomic mass is 10.1. The molecule has 2 heterocycles. The number of aromatic amines is 1. The first-order valence-corrected chi connectivity index (χ1v) is 7.51. The molecule has 1 atom stereocenters. The van der Waals surface area contributed by atoms with E-state index in [4.69, 9.17) is 12.2 Å². The van der Waals surface area contributed by atoms with Gasteiger partial charge in [0.1, 0.15) is 5.82 Å². The lowest BCUT2D eigenvalue weighted by Crippen LogP contribution is -2.12. The minimum atomic E-state index is -2.88. The van der Waals surface area contributed by atoms with Crippen LogP contribution in [0, 0.1) is 4.77 Å². The predicted molar refractivity (Wildman–Crippen MR) is 63.8 cm³/mol. The van der Waals surface area contributed by atoms with Gasteiger partial charge in [-0.05, 0) is 32.5 Å². The molecule has 0 saturated carbocycles. The van der Waals surface area contributed by atoms with Gasteiger partial charge in [-0.3, -0.25) is 5.10 Å². The van der Waals surface area contributed by atoms with Crippen LogP contribution in [0.1, 0.15) is 38.1 Å². The molecule has 90 valence electrons. The maximum absolute atomic E-state index is 11.4. The van der Waals surface area contributed by atoms with Gasteiger partial charge in [0.05, 0.1) is 11.5 Å². The highest BCUT2D eigenvalue weighted by molar-refractivity contribution is 7.91. The van der Waals surface area contributed by atoms with Gasteiger partial charge < -0.3 is 4.57 Å². The number of hydrogen-bond acceptors (Lipinski definition) is 4. The summed E-state index contributed by atoms with van der Waals surface area (Å²) in [5.74, 6) is 1.22. The molecule has 0 aromatic carbocycles. The van der Waals surface area contributed by atoms with Gasteiger partial charge in [0.25, 0.3) is 0 Å². The average Bonchev–Trinajstić information content (AvgIpc) is 2.68. The summed E-state index contributed by atoms with van der Waals surface area (Å²) in [6.07, 6.45) is 0.648. The predicted octanol–water partition coefficient (Wildman–Crippen LogP) is 1.42. The molecule has 0 amide bonds. The number of nitrogens with one attached hydrogen (secondary N) is 1. The van der Waals surface area contributed by atoms with Gasteiger partial charge in [0.15, 0.2) is 14.6 Å². The van der Waals surface area contributed by atoms with Crippen LogP contribution in [-0.4, -0.2) is 34.7 Å². The Morgan fingerprint density at radius 3 is 2.75 bits per heavy atom. The Kier molecular flexibility index (Phi) is 2.91. The average molecular weight is 261 g/mol. The third-order valence-corrected chi connectivity index (χ3v) is 4.90. The maximum atomic E-state index is 11.4. The number of rotatable bonds is 2. The first-order valence-electron chi connectivity index (χ1n) is 5.28. The SMILES string of the molecule is CC(C)n1c(C2CCS(=O)(=O)C2)n[nH]c1=S. The Morgan fingerprint density at radius 2 is 2.25 bits per heavy atom. The van der Waals surface area contributed by atoms with Crippen LogP contribution in [0.4, 0.5) is 0 Å². The fourth-order valence-electron chi connectivity index (χ4n) is 2.10. The van der Waals surface area contributed by atoms with Crippen molar-refractivity contribution in [1.82, 2.24) is 14.8 Å². The van der Waals surface area contributed by atoms with Crippen LogP contribution in [0.25, 0.3) is 0 Å². The molecule has 0 bridgehead atoms. The Hall–Kier alpha value is -0.690. The van der Waals surface area contributed by atoms with Crippen molar-refractivity contribution in [2.45, 2.75) is 32.2 Å². The number of nitrogens with zero attached hydrogens (tertiary/aromatic N) is 2. The molecule has 1 aliphatic rings. The van der Waals surface area contributed by atoms with Crippen LogP contribution in [0.15, 0.2) is 0 Å². The molecule has 0 radical (unpaired) electrons. The van der Waals surface area contributed by atoms with Gasteiger partial charge in [-0.25, -0.2) is 8.42 Å². The molecule has 0 spiro atoms. The number of sulfone groups is 1. The van der Waals surface area contributed by atoms with Gasteiger partial charge in [-0.15, -0.1) is 0 Å². The van der Waals surface area contributed by atoms with E-state index in [9.17, 15) is 8.42 Å². The molecule has 1 fully saturated rings. The van der Waals surface area contributed by atoms with E-state index in [-0.39, 0.29) is 23.5 Å². The van der Waals surface area contributed by atoms with Crippen molar-refractivity contribution in [3.8, 4) is 0 Å². The lowest BCUT2D eigenvalue weighted by molar-refractivity contribution is 0.535. The smallest absolute Gasteiger partial charge is 0.195 e. The van der Waals surface area contributed by atoms with E-state index < -0.39 is 9.84 Å². The molecule has 1 saturated heterocycles. The fourth-order valence-corrected chi connectivity index (χ4v) is 4.19. The van der Waals surface area contributed by atoms with Gasteiger partial charge in [-0.2, -0.15) is 5.10 Å². The van der Waals surface area contributed by atoms with Gasteiger partial charge in [0.2, 0.25) is 0 Å². The van der Waals surface area contributed by atoms with Gasteiger partial charge >= 0.3 is 0 Å². The highest BCUT2D eigenvalue weighted by Crippen LogP contribution is 2.28. The molecular formula is C9H15N3O2S2.